The van der Waals surface area contributed by atoms with Gasteiger partial charge in [-0.1, -0.05) is 18.2 Å². The number of carbonyl (C=O) groups is 2. The maximum atomic E-state index is 13.0. The quantitative estimate of drug-likeness (QED) is 0.714. The molecule has 6 heteroatoms. The second kappa shape index (κ2) is 7.49. The maximum absolute atomic E-state index is 13.0. The predicted octanol–water partition coefficient (Wildman–Crippen LogP) is 4.47. The van der Waals surface area contributed by atoms with Gasteiger partial charge >= 0.3 is 0 Å². The summed E-state index contributed by atoms with van der Waals surface area (Å²) in [4.78, 5) is 25.7. The fraction of sp³-hybridized carbons (Fsp3) is 0.100. The van der Waals surface area contributed by atoms with Crippen molar-refractivity contribution >= 4 is 28.8 Å². The van der Waals surface area contributed by atoms with E-state index in [1.165, 1.54) is 23.5 Å². The van der Waals surface area contributed by atoms with Gasteiger partial charge in [0.1, 0.15) is 5.82 Å². The van der Waals surface area contributed by atoms with Crippen LogP contribution in [0.25, 0.3) is 10.4 Å². The van der Waals surface area contributed by atoms with E-state index in [0.29, 0.717) is 16.1 Å². The molecule has 0 aliphatic rings. The lowest BCUT2D eigenvalue weighted by atomic mass is 10.1. The van der Waals surface area contributed by atoms with Gasteiger partial charge in [0.2, 0.25) is 0 Å². The van der Waals surface area contributed by atoms with Gasteiger partial charge in [0.15, 0.2) is 0 Å². The highest BCUT2D eigenvalue weighted by atomic mass is 32.1. The van der Waals surface area contributed by atoms with Crippen molar-refractivity contribution in [3.05, 3.63) is 76.4 Å². The van der Waals surface area contributed by atoms with Crippen LogP contribution in [0.4, 0.5) is 10.1 Å². The van der Waals surface area contributed by atoms with Crippen LogP contribution in [0.1, 0.15) is 25.6 Å². The number of thiophene rings is 1. The molecule has 1 aromatic heterocycles. The highest BCUT2D eigenvalue weighted by molar-refractivity contribution is 7.17. The summed E-state index contributed by atoms with van der Waals surface area (Å²) in [6, 6.07) is 14.9. The molecule has 0 aliphatic heterocycles. The van der Waals surface area contributed by atoms with Crippen LogP contribution >= 0.6 is 11.3 Å². The summed E-state index contributed by atoms with van der Waals surface area (Å²) in [6.07, 6.45) is 0. The number of hydrogen-bond acceptors (Lipinski definition) is 3. The van der Waals surface area contributed by atoms with Crippen LogP contribution in [-0.2, 0) is 0 Å². The molecule has 0 saturated heterocycles. The van der Waals surface area contributed by atoms with Crippen LogP contribution < -0.4 is 10.6 Å². The molecular weight excluding hydrogens is 351 g/mol. The number of amides is 2. The molecule has 2 N–H and O–H groups in total. The van der Waals surface area contributed by atoms with Gasteiger partial charge in [-0.15, -0.1) is 11.3 Å². The van der Waals surface area contributed by atoms with Gasteiger partial charge in [0, 0.05) is 23.2 Å². The minimum absolute atomic E-state index is 0.213. The minimum atomic E-state index is -0.297. The number of halogens is 1. The van der Waals surface area contributed by atoms with E-state index in [1.807, 2.05) is 13.0 Å². The maximum Gasteiger partial charge on any atom is 0.265 e. The second-order valence-electron chi connectivity index (χ2n) is 5.73. The molecule has 0 saturated carbocycles. The number of carbonyl (C=O) groups excluding carboxylic acids is 2. The molecule has 132 valence electrons. The van der Waals surface area contributed by atoms with Crippen molar-refractivity contribution in [3.8, 4) is 10.4 Å². The standard InChI is InChI=1S/C20H17FN2O2S/c1-12-3-4-14(19(24)22-2)11-16(12)23-20(25)18-10-9-17(26-18)13-5-7-15(21)8-6-13/h3-11H,1-2H3,(H,22,24)(H,23,25). The highest BCUT2D eigenvalue weighted by Crippen LogP contribution is 2.29. The average molecular weight is 368 g/mol. The lowest BCUT2D eigenvalue weighted by Gasteiger charge is -2.09. The zero-order chi connectivity index (χ0) is 18.7. The van der Waals surface area contributed by atoms with Crippen LogP contribution in [-0.4, -0.2) is 18.9 Å². The van der Waals surface area contributed by atoms with Gasteiger partial charge in [0.25, 0.3) is 11.8 Å². The summed E-state index contributed by atoms with van der Waals surface area (Å²) in [6.45, 7) is 1.86. The number of hydrogen-bond donors (Lipinski definition) is 2. The van der Waals surface area contributed by atoms with Gasteiger partial charge < -0.3 is 10.6 Å². The van der Waals surface area contributed by atoms with Crippen molar-refractivity contribution in [2.24, 2.45) is 0 Å². The van der Waals surface area contributed by atoms with Crippen LogP contribution in [0.5, 0.6) is 0 Å². The third kappa shape index (κ3) is 3.81. The first kappa shape index (κ1) is 17.8. The summed E-state index contributed by atoms with van der Waals surface area (Å²) in [5, 5.41) is 5.41. The van der Waals surface area contributed by atoms with Gasteiger partial charge in [-0.25, -0.2) is 4.39 Å². The van der Waals surface area contributed by atoms with Crippen molar-refractivity contribution in [1.29, 1.82) is 0 Å². The van der Waals surface area contributed by atoms with Crippen LogP contribution in [0.2, 0.25) is 0 Å². The first-order valence-corrected chi connectivity index (χ1v) is 8.79. The molecular formula is C20H17FN2O2S. The Morgan fingerprint density at radius 1 is 0.962 bits per heavy atom. The van der Waals surface area contributed by atoms with Crippen molar-refractivity contribution in [1.82, 2.24) is 5.32 Å². The summed E-state index contributed by atoms with van der Waals surface area (Å²) >= 11 is 1.33. The molecule has 0 fully saturated rings. The predicted molar refractivity (Wildman–Crippen MR) is 102 cm³/mol. The smallest absolute Gasteiger partial charge is 0.265 e. The van der Waals surface area contributed by atoms with E-state index < -0.39 is 0 Å². The summed E-state index contributed by atoms with van der Waals surface area (Å²) in [5.41, 5.74) is 2.79. The molecule has 2 aromatic carbocycles. The molecule has 1 heterocycles. The van der Waals surface area contributed by atoms with E-state index >= 15 is 0 Å². The topological polar surface area (TPSA) is 58.2 Å². The van der Waals surface area contributed by atoms with E-state index in [2.05, 4.69) is 10.6 Å². The Hall–Kier alpha value is -2.99. The Kier molecular flexibility index (Phi) is 5.14. The van der Waals surface area contributed by atoms with Crippen molar-refractivity contribution in [2.75, 3.05) is 12.4 Å². The van der Waals surface area contributed by atoms with Crippen LogP contribution in [0, 0.1) is 12.7 Å². The highest BCUT2D eigenvalue weighted by Gasteiger charge is 2.13. The lowest BCUT2D eigenvalue weighted by molar-refractivity contribution is 0.0961. The molecule has 0 radical (unpaired) electrons. The molecule has 4 nitrogen and oxygen atoms in total. The van der Waals surface area contributed by atoms with Crippen molar-refractivity contribution in [3.63, 3.8) is 0 Å². The third-order valence-corrected chi connectivity index (χ3v) is 5.07. The second-order valence-corrected chi connectivity index (χ2v) is 6.82. The van der Waals surface area contributed by atoms with E-state index in [0.717, 1.165) is 16.0 Å². The lowest BCUT2D eigenvalue weighted by Crippen LogP contribution is -2.18. The molecule has 0 unspecified atom stereocenters. The van der Waals surface area contributed by atoms with Crippen molar-refractivity contribution < 1.29 is 14.0 Å². The summed E-state index contributed by atoms with van der Waals surface area (Å²) < 4.78 is 13.0. The van der Waals surface area contributed by atoms with E-state index in [4.69, 9.17) is 0 Å². The Labute approximate surface area is 154 Å². The van der Waals surface area contributed by atoms with Gasteiger partial charge in [0.05, 0.1) is 4.88 Å². The molecule has 0 spiro atoms. The van der Waals surface area contributed by atoms with E-state index in [1.54, 1.807) is 43.4 Å². The number of rotatable bonds is 4. The molecule has 0 atom stereocenters. The fourth-order valence-electron chi connectivity index (χ4n) is 2.46. The third-order valence-electron chi connectivity index (χ3n) is 3.93. The Bertz CT molecular complexity index is 964. The zero-order valence-electron chi connectivity index (χ0n) is 14.3. The van der Waals surface area contributed by atoms with Crippen molar-refractivity contribution in [2.45, 2.75) is 6.92 Å². The van der Waals surface area contributed by atoms with Crippen LogP contribution in [0.15, 0.2) is 54.6 Å². The number of aryl methyl sites for hydroxylation is 1. The minimum Gasteiger partial charge on any atom is -0.355 e. The molecule has 0 bridgehead atoms. The Morgan fingerprint density at radius 2 is 1.69 bits per heavy atom. The monoisotopic (exact) mass is 368 g/mol. The average Bonchev–Trinajstić information content (AvgIpc) is 3.13. The van der Waals surface area contributed by atoms with Gasteiger partial charge in [-0.05, 0) is 54.4 Å². The molecule has 2 amide bonds. The first-order chi connectivity index (χ1) is 12.5. The Morgan fingerprint density at radius 3 is 2.38 bits per heavy atom. The number of nitrogens with one attached hydrogen (secondary N) is 2. The largest absolute Gasteiger partial charge is 0.355 e. The fourth-order valence-corrected chi connectivity index (χ4v) is 3.36. The molecule has 3 aromatic rings. The van der Waals surface area contributed by atoms with E-state index in [9.17, 15) is 14.0 Å². The molecule has 0 aliphatic carbocycles. The van der Waals surface area contributed by atoms with Gasteiger partial charge in [-0.3, -0.25) is 9.59 Å². The zero-order valence-corrected chi connectivity index (χ0v) is 15.1. The Balaban J connectivity index is 1.81. The first-order valence-electron chi connectivity index (χ1n) is 7.98. The molecule has 3 rings (SSSR count). The van der Waals surface area contributed by atoms with Gasteiger partial charge in [-0.2, -0.15) is 0 Å². The normalized spacial score (nSPS) is 10.4. The number of benzene rings is 2. The summed E-state index contributed by atoms with van der Waals surface area (Å²) in [7, 11) is 1.56. The molecule has 26 heavy (non-hydrogen) atoms. The van der Waals surface area contributed by atoms with E-state index in [-0.39, 0.29) is 17.6 Å². The van der Waals surface area contributed by atoms with Crippen LogP contribution in [0.3, 0.4) is 0 Å². The number of anilines is 1. The SMILES string of the molecule is CNC(=O)c1ccc(C)c(NC(=O)c2ccc(-c3ccc(F)cc3)s2)c1. The summed E-state index contributed by atoms with van der Waals surface area (Å²) in [5.74, 6) is -0.759.